The Morgan fingerprint density at radius 2 is 2.16 bits per heavy atom. The number of nitrogens with one attached hydrogen (secondary N) is 3. The average molecular weight is 365 g/mol. The molecule has 2 amide bonds. The molecule has 6 nitrogen and oxygen atoms in total. The molecule has 2 atom stereocenters. The largest absolute Gasteiger partial charge is 0.383 e. The topological polar surface area (TPSA) is 79.5 Å². The van der Waals surface area contributed by atoms with Gasteiger partial charge >= 0.3 is 0 Å². The van der Waals surface area contributed by atoms with Crippen LogP contribution < -0.4 is 16.0 Å². The lowest BCUT2D eigenvalue weighted by molar-refractivity contribution is -0.118. The zero-order valence-corrected chi connectivity index (χ0v) is 15.7. The van der Waals surface area contributed by atoms with Crippen molar-refractivity contribution in [2.45, 2.75) is 36.7 Å². The van der Waals surface area contributed by atoms with E-state index in [4.69, 9.17) is 4.74 Å². The number of carbonyl (C=O) groups is 2. The summed E-state index contributed by atoms with van der Waals surface area (Å²) >= 11 is 1.38. The molecule has 0 saturated carbocycles. The van der Waals surface area contributed by atoms with Crippen LogP contribution in [0.3, 0.4) is 0 Å². The molecule has 2 unspecified atom stereocenters. The molecule has 1 aliphatic heterocycles. The minimum atomic E-state index is -0.0801. The van der Waals surface area contributed by atoms with E-state index >= 15 is 0 Å². The van der Waals surface area contributed by atoms with Crippen molar-refractivity contribution in [3.05, 3.63) is 29.8 Å². The predicted molar refractivity (Wildman–Crippen MR) is 100 cm³/mol. The number of piperidine rings is 1. The van der Waals surface area contributed by atoms with Gasteiger partial charge in [0.05, 0.1) is 17.9 Å². The fourth-order valence-corrected chi connectivity index (χ4v) is 3.63. The summed E-state index contributed by atoms with van der Waals surface area (Å²) in [6.45, 7) is 4.07. The summed E-state index contributed by atoms with van der Waals surface area (Å²) in [6.07, 6.45) is 2.05. The minimum absolute atomic E-state index is 0.0673. The van der Waals surface area contributed by atoms with Crippen molar-refractivity contribution >= 4 is 23.6 Å². The van der Waals surface area contributed by atoms with Crippen LogP contribution in [0.2, 0.25) is 0 Å². The second-order valence-electron chi connectivity index (χ2n) is 6.09. The quantitative estimate of drug-likeness (QED) is 0.480. The molecule has 0 bridgehead atoms. The van der Waals surface area contributed by atoms with Crippen LogP contribution in [0.5, 0.6) is 0 Å². The summed E-state index contributed by atoms with van der Waals surface area (Å²) in [6, 6.07) is 7.82. The van der Waals surface area contributed by atoms with Gasteiger partial charge in [0.25, 0.3) is 5.91 Å². The summed E-state index contributed by atoms with van der Waals surface area (Å²) in [7, 11) is 1.60. The summed E-state index contributed by atoms with van der Waals surface area (Å²) in [5.41, 5.74) is 0.620. The first-order valence-electron chi connectivity index (χ1n) is 8.63. The van der Waals surface area contributed by atoms with Gasteiger partial charge in [-0.2, -0.15) is 0 Å². The molecular formula is C18H27N3O3S. The zero-order valence-electron chi connectivity index (χ0n) is 14.8. The highest BCUT2D eigenvalue weighted by molar-refractivity contribution is 8.00. The van der Waals surface area contributed by atoms with Crippen molar-refractivity contribution in [3.8, 4) is 0 Å². The highest BCUT2D eigenvalue weighted by Crippen LogP contribution is 2.23. The van der Waals surface area contributed by atoms with Crippen LogP contribution in [-0.2, 0) is 9.53 Å². The van der Waals surface area contributed by atoms with Crippen LogP contribution in [0.1, 0.15) is 30.1 Å². The highest BCUT2D eigenvalue weighted by atomic mass is 32.2. The normalized spacial score (nSPS) is 20.1. The summed E-state index contributed by atoms with van der Waals surface area (Å²) in [4.78, 5) is 25.3. The molecule has 0 aliphatic carbocycles. The van der Waals surface area contributed by atoms with E-state index in [0.717, 1.165) is 24.3 Å². The molecule has 7 heteroatoms. The number of methoxy groups -OCH3 is 1. The molecule has 138 valence electrons. The van der Waals surface area contributed by atoms with E-state index in [1.54, 1.807) is 13.2 Å². The standard InChI is InChI=1S/C18H27N3O3S/c1-13-15(7-5-9-19-13)21-18(23)14-6-3-4-8-16(14)25-12-17(22)20-10-11-24-2/h3-4,6,8,13,15,19H,5,7,9-12H2,1-2H3,(H,20,22)(H,21,23). The first-order valence-corrected chi connectivity index (χ1v) is 9.62. The van der Waals surface area contributed by atoms with Crippen molar-refractivity contribution < 1.29 is 14.3 Å². The molecule has 0 spiro atoms. The maximum atomic E-state index is 12.7. The molecule has 3 N–H and O–H groups in total. The van der Waals surface area contributed by atoms with Gasteiger partial charge in [-0.3, -0.25) is 9.59 Å². The van der Waals surface area contributed by atoms with Crippen molar-refractivity contribution in [1.29, 1.82) is 0 Å². The number of thioether (sulfide) groups is 1. The van der Waals surface area contributed by atoms with Crippen molar-refractivity contribution in [3.63, 3.8) is 0 Å². The number of ether oxygens (including phenoxy) is 1. The van der Waals surface area contributed by atoms with Crippen LogP contribution >= 0.6 is 11.8 Å². The predicted octanol–water partition coefficient (Wildman–Crippen LogP) is 1.41. The molecule has 1 aromatic rings. The van der Waals surface area contributed by atoms with Crippen LogP contribution in [-0.4, -0.2) is 56.5 Å². The van der Waals surface area contributed by atoms with Gasteiger partial charge in [-0.25, -0.2) is 0 Å². The molecule has 2 rings (SSSR count). The van der Waals surface area contributed by atoms with Crippen LogP contribution in [0.15, 0.2) is 29.2 Å². The van der Waals surface area contributed by atoms with E-state index in [0.29, 0.717) is 18.7 Å². The lowest BCUT2D eigenvalue weighted by Gasteiger charge is -2.30. The third kappa shape index (κ3) is 6.34. The van der Waals surface area contributed by atoms with Gasteiger partial charge in [0.15, 0.2) is 0 Å². The SMILES string of the molecule is COCCNC(=O)CSc1ccccc1C(=O)NC1CCCNC1C. The van der Waals surface area contributed by atoms with Gasteiger partial charge in [0.1, 0.15) is 0 Å². The maximum Gasteiger partial charge on any atom is 0.252 e. The lowest BCUT2D eigenvalue weighted by Crippen LogP contribution is -2.51. The summed E-state index contributed by atoms with van der Waals surface area (Å²) in [5, 5.41) is 9.29. The number of hydrogen-bond acceptors (Lipinski definition) is 5. The summed E-state index contributed by atoms with van der Waals surface area (Å²) < 4.78 is 4.91. The smallest absolute Gasteiger partial charge is 0.252 e. The molecule has 1 fully saturated rings. The highest BCUT2D eigenvalue weighted by Gasteiger charge is 2.23. The first kappa shape index (κ1) is 19.8. The van der Waals surface area contributed by atoms with Crippen LogP contribution in [0, 0.1) is 0 Å². The molecule has 0 aromatic heterocycles. The van der Waals surface area contributed by atoms with Gasteiger partial charge in [-0.15, -0.1) is 11.8 Å². The second kappa shape index (κ2) is 10.4. The van der Waals surface area contributed by atoms with Gasteiger partial charge in [0, 0.05) is 30.6 Å². The first-order chi connectivity index (χ1) is 12.1. The van der Waals surface area contributed by atoms with E-state index in [9.17, 15) is 9.59 Å². The fourth-order valence-electron chi connectivity index (χ4n) is 2.75. The van der Waals surface area contributed by atoms with Crippen LogP contribution in [0.25, 0.3) is 0 Å². The van der Waals surface area contributed by atoms with E-state index in [1.807, 2.05) is 18.2 Å². The Bertz CT molecular complexity index is 582. The van der Waals surface area contributed by atoms with Gasteiger partial charge in [0.2, 0.25) is 5.91 Å². The van der Waals surface area contributed by atoms with Gasteiger partial charge < -0.3 is 20.7 Å². The third-order valence-corrected chi connectivity index (χ3v) is 5.27. The molecule has 1 aliphatic rings. The Balaban J connectivity index is 1.92. The molecule has 0 radical (unpaired) electrons. The number of rotatable bonds is 8. The Morgan fingerprint density at radius 1 is 1.36 bits per heavy atom. The third-order valence-electron chi connectivity index (χ3n) is 4.20. The van der Waals surface area contributed by atoms with E-state index in [2.05, 4.69) is 22.9 Å². The second-order valence-corrected chi connectivity index (χ2v) is 7.11. The number of benzene rings is 1. The summed E-state index contributed by atoms with van der Waals surface area (Å²) in [5.74, 6) is 0.126. The average Bonchev–Trinajstić information content (AvgIpc) is 2.62. The Kier molecular flexibility index (Phi) is 8.24. The number of carbonyl (C=O) groups excluding carboxylic acids is 2. The van der Waals surface area contributed by atoms with Crippen molar-refractivity contribution in [2.24, 2.45) is 0 Å². The van der Waals surface area contributed by atoms with Crippen LogP contribution in [0.4, 0.5) is 0 Å². The van der Waals surface area contributed by atoms with Gasteiger partial charge in [-0.05, 0) is 38.4 Å². The monoisotopic (exact) mass is 365 g/mol. The Morgan fingerprint density at radius 3 is 2.92 bits per heavy atom. The van der Waals surface area contributed by atoms with E-state index < -0.39 is 0 Å². The molecule has 1 heterocycles. The number of hydrogen-bond donors (Lipinski definition) is 3. The van der Waals surface area contributed by atoms with Crippen molar-refractivity contribution in [1.82, 2.24) is 16.0 Å². The van der Waals surface area contributed by atoms with Crippen molar-refractivity contribution in [2.75, 3.05) is 32.6 Å². The Labute approximate surface area is 153 Å². The molecule has 25 heavy (non-hydrogen) atoms. The zero-order chi connectivity index (χ0) is 18.1. The Hall–Kier alpha value is -1.57. The van der Waals surface area contributed by atoms with E-state index in [-0.39, 0.29) is 29.7 Å². The van der Waals surface area contributed by atoms with E-state index in [1.165, 1.54) is 11.8 Å². The fraction of sp³-hybridized carbons (Fsp3) is 0.556. The maximum absolute atomic E-state index is 12.7. The lowest BCUT2D eigenvalue weighted by atomic mass is 9.99. The molecule has 1 saturated heterocycles. The molecular weight excluding hydrogens is 338 g/mol. The van der Waals surface area contributed by atoms with Gasteiger partial charge in [-0.1, -0.05) is 12.1 Å². The minimum Gasteiger partial charge on any atom is -0.383 e. The number of amides is 2. The molecule has 1 aromatic carbocycles.